The number of benzene rings is 1. The van der Waals surface area contributed by atoms with E-state index in [-0.39, 0.29) is 5.54 Å². The Morgan fingerprint density at radius 1 is 1.32 bits per heavy atom. The number of halogens is 1. The molecule has 5 heteroatoms. The number of rotatable bonds is 3. The fourth-order valence-electron chi connectivity index (χ4n) is 2.53. The van der Waals surface area contributed by atoms with E-state index in [9.17, 15) is 4.79 Å². The van der Waals surface area contributed by atoms with Crippen molar-refractivity contribution >= 4 is 23.4 Å². The third kappa shape index (κ3) is 2.39. The summed E-state index contributed by atoms with van der Waals surface area (Å²) >= 11 is 6.37. The van der Waals surface area contributed by atoms with E-state index in [1.807, 2.05) is 18.2 Å². The van der Waals surface area contributed by atoms with E-state index in [1.54, 1.807) is 6.08 Å². The summed E-state index contributed by atoms with van der Waals surface area (Å²) < 4.78 is 5.34. The topological polar surface area (TPSA) is 41.9 Å². The molecular weight excluding hydrogens is 264 g/mol. The highest BCUT2D eigenvalue weighted by Crippen LogP contribution is 2.50. The van der Waals surface area contributed by atoms with Gasteiger partial charge in [-0.25, -0.2) is 4.79 Å². The second-order valence-electron chi connectivity index (χ2n) is 5.00. The van der Waals surface area contributed by atoms with E-state index in [4.69, 9.17) is 16.3 Å². The average molecular weight is 279 g/mol. The van der Waals surface area contributed by atoms with Crippen molar-refractivity contribution in [3.8, 4) is 0 Å². The molecule has 1 heterocycles. The van der Waals surface area contributed by atoms with Crippen LogP contribution in [0, 0.1) is 0 Å². The van der Waals surface area contributed by atoms with Gasteiger partial charge in [-0.05, 0) is 30.5 Å². The fourth-order valence-corrected chi connectivity index (χ4v) is 2.83. The van der Waals surface area contributed by atoms with Gasteiger partial charge in [-0.2, -0.15) is 4.99 Å². The molecule has 19 heavy (non-hydrogen) atoms. The second kappa shape index (κ2) is 4.97. The first-order valence-corrected chi connectivity index (χ1v) is 6.85. The van der Waals surface area contributed by atoms with E-state index in [0.717, 1.165) is 50.4 Å². The number of morpholine rings is 1. The molecule has 0 spiro atoms. The first kappa shape index (κ1) is 12.7. The highest BCUT2D eigenvalue weighted by molar-refractivity contribution is 6.33. The summed E-state index contributed by atoms with van der Waals surface area (Å²) in [5.41, 5.74) is 1.69. The zero-order valence-electron chi connectivity index (χ0n) is 10.6. The smallest absolute Gasteiger partial charge is 0.235 e. The highest BCUT2D eigenvalue weighted by Gasteiger charge is 2.45. The lowest BCUT2D eigenvalue weighted by Gasteiger charge is -2.30. The van der Waals surface area contributed by atoms with Gasteiger partial charge in [-0.1, -0.05) is 17.7 Å². The maximum Gasteiger partial charge on any atom is 0.235 e. The molecule has 0 unspecified atom stereocenters. The number of hydrogen-bond acceptors (Lipinski definition) is 4. The van der Waals surface area contributed by atoms with Crippen LogP contribution < -0.4 is 4.90 Å². The van der Waals surface area contributed by atoms with Gasteiger partial charge in [0.2, 0.25) is 6.08 Å². The molecule has 1 aliphatic heterocycles. The van der Waals surface area contributed by atoms with Crippen molar-refractivity contribution in [1.29, 1.82) is 0 Å². The van der Waals surface area contributed by atoms with E-state index in [1.165, 1.54) is 0 Å². The summed E-state index contributed by atoms with van der Waals surface area (Å²) in [6, 6.07) is 5.97. The summed E-state index contributed by atoms with van der Waals surface area (Å²) in [7, 11) is 0. The number of anilines is 1. The van der Waals surface area contributed by atoms with E-state index < -0.39 is 0 Å². The maximum atomic E-state index is 10.5. The van der Waals surface area contributed by atoms with Crippen LogP contribution in [-0.2, 0) is 15.1 Å². The minimum Gasteiger partial charge on any atom is -0.378 e. The Bertz CT molecular complexity index is 530. The molecule has 0 N–H and O–H groups in total. The van der Waals surface area contributed by atoms with Crippen molar-refractivity contribution in [2.24, 2.45) is 4.99 Å². The van der Waals surface area contributed by atoms with Crippen LogP contribution >= 0.6 is 11.6 Å². The largest absolute Gasteiger partial charge is 0.378 e. The Balaban J connectivity index is 1.87. The van der Waals surface area contributed by atoms with Gasteiger partial charge in [0, 0.05) is 13.1 Å². The normalized spacial score (nSPS) is 20.8. The van der Waals surface area contributed by atoms with E-state index in [2.05, 4.69) is 9.89 Å². The van der Waals surface area contributed by atoms with E-state index >= 15 is 0 Å². The van der Waals surface area contributed by atoms with Gasteiger partial charge in [0.1, 0.15) is 0 Å². The molecule has 1 aromatic rings. The number of nitrogens with zero attached hydrogens (tertiary/aromatic N) is 2. The maximum absolute atomic E-state index is 10.5. The van der Waals surface area contributed by atoms with Crippen LogP contribution in [0.2, 0.25) is 5.02 Å². The van der Waals surface area contributed by atoms with Crippen LogP contribution in [0.25, 0.3) is 0 Å². The van der Waals surface area contributed by atoms with Crippen LogP contribution in [-0.4, -0.2) is 32.4 Å². The first-order chi connectivity index (χ1) is 9.25. The third-order valence-electron chi connectivity index (χ3n) is 3.82. The molecule has 1 saturated heterocycles. The Labute approximate surface area is 117 Å². The Kier molecular flexibility index (Phi) is 3.31. The van der Waals surface area contributed by atoms with Gasteiger partial charge >= 0.3 is 0 Å². The SMILES string of the molecule is O=C=NC1(c2ccc(N3CCOCC3)c(Cl)c2)CC1. The van der Waals surface area contributed by atoms with E-state index in [0.29, 0.717) is 5.02 Å². The monoisotopic (exact) mass is 278 g/mol. The summed E-state index contributed by atoms with van der Waals surface area (Å²) in [6.07, 6.45) is 3.47. The molecule has 2 aliphatic rings. The standard InChI is InChI=1S/C14H15ClN2O2/c15-12-9-11(14(3-4-14)16-10-18)1-2-13(12)17-5-7-19-8-6-17/h1-2,9H,3-8H2. The fraction of sp³-hybridized carbons (Fsp3) is 0.500. The summed E-state index contributed by atoms with van der Waals surface area (Å²) in [4.78, 5) is 16.6. The molecule has 1 aliphatic carbocycles. The highest BCUT2D eigenvalue weighted by atomic mass is 35.5. The molecule has 2 fully saturated rings. The molecule has 0 radical (unpaired) electrons. The zero-order valence-corrected chi connectivity index (χ0v) is 11.3. The first-order valence-electron chi connectivity index (χ1n) is 6.47. The van der Waals surface area contributed by atoms with Crippen molar-refractivity contribution in [3.05, 3.63) is 28.8 Å². The summed E-state index contributed by atoms with van der Waals surface area (Å²) in [5, 5.41) is 0.715. The van der Waals surface area contributed by atoms with Crippen LogP contribution in [0.5, 0.6) is 0 Å². The van der Waals surface area contributed by atoms with Gasteiger partial charge in [-0.15, -0.1) is 0 Å². The molecule has 0 bridgehead atoms. The number of ether oxygens (including phenoxy) is 1. The predicted molar refractivity (Wildman–Crippen MR) is 73.5 cm³/mol. The molecule has 1 saturated carbocycles. The number of aliphatic imine (C=N–C) groups is 1. The lowest BCUT2D eigenvalue weighted by molar-refractivity contribution is 0.122. The van der Waals surface area contributed by atoms with Gasteiger partial charge in [0.15, 0.2) is 0 Å². The Hall–Kier alpha value is -1.35. The van der Waals surface area contributed by atoms with Gasteiger partial charge in [0.25, 0.3) is 0 Å². The molecule has 1 aromatic carbocycles. The van der Waals surface area contributed by atoms with Crippen molar-refractivity contribution in [2.75, 3.05) is 31.2 Å². The number of carbonyl (C=O) groups excluding carboxylic acids is 1. The minimum atomic E-state index is -0.352. The van der Waals surface area contributed by atoms with Crippen molar-refractivity contribution in [1.82, 2.24) is 0 Å². The minimum absolute atomic E-state index is 0.352. The Morgan fingerprint density at radius 2 is 2.05 bits per heavy atom. The zero-order chi connectivity index (χ0) is 13.3. The molecule has 0 amide bonds. The van der Waals surface area contributed by atoms with Crippen LogP contribution in [0.4, 0.5) is 5.69 Å². The quantitative estimate of drug-likeness (QED) is 0.630. The van der Waals surface area contributed by atoms with Crippen LogP contribution in [0.3, 0.4) is 0 Å². The molecule has 3 rings (SSSR count). The molecule has 0 atom stereocenters. The predicted octanol–water partition coefficient (Wildman–Crippen LogP) is 2.50. The van der Waals surface area contributed by atoms with Crippen molar-refractivity contribution < 1.29 is 9.53 Å². The molecule has 100 valence electrons. The van der Waals surface area contributed by atoms with Crippen LogP contribution in [0.15, 0.2) is 23.2 Å². The summed E-state index contributed by atoms with van der Waals surface area (Å²) in [5.74, 6) is 0. The molecule has 0 aromatic heterocycles. The number of hydrogen-bond donors (Lipinski definition) is 0. The Morgan fingerprint density at radius 3 is 2.63 bits per heavy atom. The molecule has 4 nitrogen and oxygen atoms in total. The average Bonchev–Trinajstić information content (AvgIpc) is 3.21. The molecular formula is C14H15ClN2O2. The van der Waals surface area contributed by atoms with Crippen molar-refractivity contribution in [3.63, 3.8) is 0 Å². The lowest BCUT2D eigenvalue weighted by atomic mass is 10.0. The number of isocyanates is 1. The van der Waals surface area contributed by atoms with Crippen molar-refractivity contribution in [2.45, 2.75) is 18.4 Å². The summed E-state index contributed by atoms with van der Waals surface area (Å²) in [6.45, 7) is 3.18. The van der Waals surface area contributed by atoms with Crippen LogP contribution in [0.1, 0.15) is 18.4 Å². The second-order valence-corrected chi connectivity index (χ2v) is 5.41. The lowest BCUT2D eigenvalue weighted by Crippen LogP contribution is -2.36. The third-order valence-corrected chi connectivity index (χ3v) is 4.12. The van der Waals surface area contributed by atoms with Gasteiger partial charge < -0.3 is 9.64 Å². The van der Waals surface area contributed by atoms with Gasteiger partial charge in [-0.3, -0.25) is 0 Å². The van der Waals surface area contributed by atoms with Gasteiger partial charge in [0.05, 0.1) is 29.5 Å².